The molecule has 72 valence electrons. The van der Waals surface area contributed by atoms with Gasteiger partial charge in [-0.05, 0) is 19.1 Å². The number of fused-ring (bicyclic) bond motifs is 1. The SMILES string of the molecule is CC=Cc1ccc2ccccc2[nH+]1.[I-]. The van der Waals surface area contributed by atoms with Gasteiger partial charge in [0.15, 0.2) is 0 Å². The van der Waals surface area contributed by atoms with Crippen molar-refractivity contribution in [2.24, 2.45) is 0 Å². The number of halogens is 1. The molecule has 1 N–H and O–H groups in total. The Hall–Kier alpha value is -0.900. The summed E-state index contributed by atoms with van der Waals surface area (Å²) in [4.78, 5) is 3.34. The normalized spacial score (nSPS) is 10.4. The van der Waals surface area contributed by atoms with E-state index in [4.69, 9.17) is 0 Å². The molecule has 1 nitrogen and oxygen atoms in total. The maximum Gasteiger partial charge on any atom is 0.211 e. The molecule has 1 heterocycles. The van der Waals surface area contributed by atoms with Crippen LogP contribution in [0.3, 0.4) is 0 Å². The molecule has 0 aliphatic carbocycles. The fraction of sp³-hybridized carbons (Fsp3) is 0.0833. The molecule has 0 spiro atoms. The number of allylic oxidation sites excluding steroid dienone is 1. The van der Waals surface area contributed by atoms with Crippen molar-refractivity contribution in [2.75, 3.05) is 0 Å². The van der Waals surface area contributed by atoms with Crippen LogP contribution in [0.4, 0.5) is 0 Å². The van der Waals surface area contributed by atoms with E-state index in [0.29, 0.717) is 0 Å². The summed E-state index contributed by atoms with van der Waals surface area (Å²) in [5, 5.41) is 1.25. The molecule has 2 heteroatoms. The minimum atomic E-state index is 0. The number of aromatic amines is 1. The zero-order valence-electron chi connectivity index (χ0n) is 8.00. The number of aromatic nitrogens is 1. The summed E-state index contributed by atoms with van der Waals surface area (Å²) in [6.45, 7) is 2.02. The van der Waals surface area contributed by atoms with Crippen LogP contribution in [0.2, 0.25) is 0 Å². The molecule has 1 aromatic heterocycles. The van der Waals surface area contributed by atoms with Gasteiger partial charge in [-0.25, -0.2) is 4.98 Å². The van der Waals surface area contributed by atoms with Crippen LogP contribution in [0.25, 0.3) is 17.0 Å². The summed E-state index contributed by atoms with van der Waals surface area (Å²) in [7, 11) is 0. The highest BCUT2D eigenvalue weighted by Crippen LogP contribution is 2.08. The minimum Gasteiger partial charge on any atom is -1.00 e. The van der Waals surface area contributed by atoms with Crippen LogP contribution in [0, 0.1) is 0 Å². The van der Waals surface area contributed by atoms with Crippen LogP contribution in [0.5, 0.6) is 0 Å². The van der Waals surface area contributed by atoms with Gasteiger partial charge < -0.3 is 24.0 Å². The lowest BCUT2D eigenvalue weighted by molar-refractivity contribution is -0.347. The smallest absolute Gasteiger partial charge is 0.211 e. The van der Waals surface area contributed by atoms with Gasteiger partial charge in [-0.1, -0.05) is 18.2 Å². The molecule has 0 aliphatic rings. The summed E-state index contributed by atoms with van der Waals surface area (Å²) in [5.74, 6) is 0. The number of benzene rings is 1. The quantitative estimate of drug-likeness (QED) is 0.641. The standard InChI is InChI=1S/C12H11N.HI/c1-2-5-11-9-8-10-6-3-4-7-12(10)13-11;/h2-9H,1H3;1H. The molecule has 2 rings (SSSR count). The molecule has 0 saturated heterocycles. The first-order valence-corrected chi connectivity index (χ1v) is 4.44. The summed E-state index contributed by atoms with van der Waals surface area (Å²) in [6.07, 6.45) is 4.09. The van der Waals surface area contributed by atoms with E-state index in [1.807, 2.05) is 25.1 Å². The number of hydrogen-bond donors (Lipinski definition) is 0. The molecule has 0 unspecified atom stereocenters. The number of rotatable bonds is 1. The van der Waals surface area contributed by atoms with Gasteiger partial charge in [-0.15, -0.1) is 0 Å². The predicted molar refractivity (Wildman–Crippen MR) is 55.2 cm³/mol. The molecule has 1 aromatic carbocycles. The van der Waals surface area contributed by atoms with Crippen molar-refractivity contribution in [3.63, 3.8) is 0 Å². The number of hydrogen-bond acceptors (Lipinski definition) is 0. The molecular weight excluding hydrogens is 285 g/mol. The molecule has 0 saturated carbocycles. The number of H-pyrrole nitrogens is 1. The Bertz CT molecular complexity index is 449. The van der Waals surface area contributed by atoms with Crippen molar-refractivity contribution < 1.29 is 29.0 Å². The van der Waals surface area contributed by atoms with Gasteiger partial charge in [-0.2, -0.15) is 0 Å². The van der Waals surface area contributed by atoms with E-state index in [2.05, 4.69) is 35.3 Å². The van der Waals surface area contributed by atoms with Crippen LogP contribution < -0.4 is 29.0 Å². The highest BCUT2D eigenvalue weighted by atomic mass is 127. The lowest BCUT2D eigenvalue weighted by Gasteiger charge is -1.90. The highest BCUT2D eigenvalue weighted by Gasteiger charge is 1.99. The lowest BCUT2D eigenvalue weighted by Crippen LogP contribution is -3.00. The molecular formula is C12H12IN. The van der Waals surface area contributed by atoms with Crippen molar-refractivity contribution >= 4 is 17.0 Å². The Morgan fingerprint density at radius 1 is 1.07 bits per heavy atom. The van der Waals surface area contributed by atoms with E-state index in [9.17, 15) is 0 Å². The van der Waals surface area contributed by atoms with Crippen LogP contribution >= 0.6 is 0 Å². The molecule has 2 aromatic rings. The van der Waals surface area contributed by atoms with Gasteiger partial charge in [-0.3, -0.25) is 0 Å². The fourth-order valence-corrected chi connectivity index (χ4v) is 1.41. The molecule has 0 bridgehead atoms. The van der Waals surface area contributed by atoms with Gasteiger partial charge in [0, 0.05) is 23.6 Å². The average Bonchev–Trinajstić information content (AvgIpc) is 2.18. The summed E-state index contributed by atoms with van der Waals surface area (Å²) < 4.78 is 0. The monoisotopic (exact) mass is 297 g/mol. The van der Waals surface area contributed by atoms with Crippen LogP contribution in [0.1, 0.15) is 12.6 Å². The Labute approximate surface area is 101 Å². The van der Waals surface area contributed by atoms with Crippen molar-refractivity contribution in [3.05, 3.63) is 48.2 Å². The molecule has 0 aliphatic heterocycles. The molecule has 0 radical (unpaired) electrons. The van der Waals surface area contributed by atoms with Crippen molar-refractivity contribution in [1.82, 2.24) is 0 Å². The van der Waals surface area contributed by atoms with Crippen LogP contribution in [0.15, 0.2) is 42.5 Å². The zero-order chi connectivity index (χ0) is 9.10. The largest absolute Gasteiger partial charge is 1.00 e. The minimum absolute atomic E-state index is 0. The topological polar surface area (TPSA) is 14.1 Å². The van der Waals surface area contributed by atoms with Gasteiger partial charge in [0.1, 0.15) is 0 Å². The predicted octanol–water partition coefficient (Wildman–Crippen LogP) is -0.309. The van der Waals surface area contributed by atoms with Crippen molar-refractivity contribution in [3.8, 4) is 0 Å². The zero-order valence-corrected chi connectivity index (χ0v) is 10.2. The second kappa shape index (κ2) is 5.10. The van der Waals surface area contributed by atoms with Crippen LogP contribution in [-0.2, 0) is 0 Å². The Balaban J connectivity index is 0.000000980. The number of pyridine rings is 1. The average molecular weight is 297 g/mol. The third-order valence-electron chi connectivity index (χ3n) is 2.03. The van der Waals surface area contributed by atoms with E-state index < -0.39 is 0 Å². The summed E-state index contributed by atoms with van der Waals surface area (Å²) in [5.41, 5.74) is 2.32. The maximum atomic E-state index is 3.34. The van der Waals surface area contributed by atoms with E-state index in [1.54, 1.807) is 0 Å². The van der Waals surface area contributed by atoms with E-state index in [0.717, 1.165) is 5.69 Å². The number of para-hydroxylation sites is 1. The first kappa shape index (κ1) is 11.2. The van der Waals surface area contributed by atoms with Gasteiger partial charge in [0.25, 0.3) is 0 Å². The molecule has 0 atom stereocenters. The van der Waals surface area contributed by atoms with Gasteiger partial charge in [0.2, 0.25) is 11.2 Å². The summed E-state index contributed by atoms with van der Waals surface area (Å²) in [6, 6.07) is 12.5. The third kappa shape index (κ3) is 2.32. The Kier molecular flexibility index (Phi) is 4.07. The van der Waals surface area contributed by atoms with Crippen molar-refractivity contribution in [1.29, 1.82) is 0 Å². The second-order valence-electron chi connectivity index (χ2n) is 3.00. The highest BCUT2D eigenvalue weighted by molar-refractivity contribution is 5.75. The summed E-state index contributed by atoms with van der Waals surface area (Å²) >= 11 is 0. The van der Waals surface area contributed by atoms with Crippen molar-refractivity contribution in [2.45, 2.75) is 6.92 Å². The van der Waals surface area contributed by atoms with E-state index in [1.165, 1.54) is 10.9 Å². The fourth-order valence-electron chi connectivity index (χ4n) is 1.41. The maximum absolute atomic E-state index is 3.34. The number of nitrogens with one attached hydrogen (secondary N) is 1. The van der Waals surface area contributed by atoms with Crippen LogP contribution in [-0.4, -0.2) is 0 Å². The first-order chi connectivity index (χ1) is 6.40. The van der Waals surface area contributed by atoms with Gasteiger partial charge >= 0.3 is 0 Å². The van der Waals surface area contributed by atoms with E-state index in [-0.39, 0.29) is 24.0 Å². The molecule has 0 amide bonds. The first-order valence-electron chi connectivity index (χ1n) is 4.44. The molecule has 0 fully saturated rings. The Morgan fingerprint density at radius 2 is 1.86 bits per heavy atom. The van der Waals surface area contributed by atoms with Gasteiger partial charge in [0.05, 0.1) is 0 Å². The van der Waals surface area contributed by atoms with E-state index >= 15 is 0 Å². The molecule has 14 heavy (non-hydrogen) atoms. The Morgan fingerprint density at radius 3 is 2.64 bits per heavy atom. The third-order valence-corrected chi connectivity index (χ3v) is 2.03. The second-order valence-corrected chi connectivity index (χ2v) is 3.00. The lowest BCUT2D eigenvalue weighted by atomic mass is 10.2.